The maximum Gasteiger partial charge on any atom is 0.416 e. The Balaban J connectivity index is 2.34. The topological polar surface area (TPSA) is 38.7 Å². The van der Waals surface area contributed by atoms with E-state index in [0.29, 0.717) is 16.4 Å². The first kappa shape index (κ1) is 12.8. The van der Waals surface area contributed by atoms with Crippen LogP contribution in [0.3, 0.4) is 0 Å². The smallest absolute Gasteiger partial charge is 0.219 e. The van der Waals surface area contributed by atoms with Gasteiger partial charge < -0.3 is 0 Å². The number of benzene rings is 1. The summed E-state index contributed by atoms with van der Waals surface area (Å²) in [6.45, 7) is 0. The summed E-state index contributed by atoms with van der Waals surface area (Å²) in [5, 5.41) is 7.99. The number of nitrogens with zero attached hydrogens (tertiary/aromatic N) is 3. The fraction of sp³-hybridized carbons (Fsp3) is 0.182. The molecule has 3 nitrogen and oxygen atoms in total. The third kappa shape index (κ3) is 2.79. The largest absolute Gasteiger partial charge is 0.416 e. The summed E-state index contributed by atoms with van der Waals surface area (Å²) in [6, 6.07) is 4.79. The number of rotatable bonds is 2. The molecule has 1 aromatic heterocycles. The third-order valence-electron chi connectivity index (χ3n) is 2.23. The molecule has 2 rings (SSSR count). The Bertz CT molecular complexity index is 540. The van der Waals surface area contributed by atoms with E-state index in [0.717, 1.165) is 12.1 Å². The van der Waals surface area contributed by atoms with E-state index in [4.69, 9.17) is 0 Å². The Hall–Kier alpha value is -1.63. The molecule has 0 aliphatic carbocycles. The molecule has 0 amide bonds. The predicted molar refractivity (Wildman–Crippen MR) is 62.0 cm³/mol. The molecule has 1 heterocycles. The molecule has 18 heavy (non-hydrogen) atoms. The second-order valence-corrected chi connectivity index (χ2v) is 4.18. The van der Waals surface area contributed by atoms with Crippen LogP contribution in [0.5, 0.6) is 0 Å². The van der Waals surface area contributed by atoms with E-state index in [-0.39, 0.29) is 0 Å². The average molecular weight is 271 g/mol. The van der Waals surface area contributed by atoms with Gasteiger partial charge in [0.05, 0.1) is 17.5 Å². The number of halogens is 3. The average Bonchev–Trinajstić information content (AvgIpc) is 2.38. The summed E-state index contributed by atoms with van der Waals surface area (Å²) in [6.07, 6.45) is -1.11. The van der Waals surface area contributed by atoms with Crippen molar-refractivity contribution in [3.8, 4) is 11.3 Å². The second-order valence-electron chi connectivity index (χ2n) is 3.40. The molecule has 0 saturated heterocycles. The molecule has 2 aromatic rings. The van der Waals surface area contributed by atoms with Crippen molar-refractivity contribution >= 4 is 11.8 Å². The normalized spacial score (nSPS) is 11.6. The summed E-state index contributed by atoms with van der Waals surface area (Å²) in [4.78, 5) is 4.16. The lowest BCUT2D eigenvalue weighted by Crippen LogP contribution is -2.04. The van der Waals surface area contributed by atoms with Crippen molar-refractivity contribution in [2.45, 2.75) is 11.3 Å². The molecule has 0 fully saturated rings. The van der Waals surface area contributed by atoms with Crippen LogP contribution in [-0.2, 0) is 6.18 Å². The summed E-state index contributed by atoms with van der Waals surface area (Å²) >= 11 is 1.32. The highest BCUT2D eigenvalue weighted by molar-refractivity contribution is 7.98. The number of hydrogen-bond donors (Lipinski definition) is 0. The zero-order chi connectivity index (χ0) is 13.2. The van der Waals surface area contributed by atoms with Crippen LogP contribution in [0.1, 0.15) is 5.56 Å². The van der Waals surface area contributed by atoms with Gasteiger partial charge in [-0.15, -0.1) is 5.10 Å². The molecule has 94 valence electrons. The maximum atomic E-state index is 12.4. The van der Waals surface area contributed by atoms with Gasteiger partial charge in [0.25, 0.3) is 0 Å². The Labute approximate surface area is 105 Å². The minimum Gasteiger partial charge on any atom is -0.219 e. The van der Waals surface area contributed by atoms with Crippen molar-refractivity contribution in [2.24, 2.45) is 0 Å². The SMILES string of the molecule is CSc1nncc(-c2ccc(C(F)(F)F)cc2)n1. The first-order valence-corrected chi connectivity index (χ1v) is 6.14. The van der Waals surface area contributed by atoms with Crippen LogP contribution in [-0.4, -0.2) is 21.4 Å². The van der Waals surface area contributed by atoms with E-state index >= 15 is 0 Å². The molecular weight excluding hydrogens is 263 g/mol. The fourth-order valence-corrected chi connectivity index (χ4v) is 1.66. The molecule has 0 atom stereocenters. The first-order valence-electron chi connectivity index (χ1n) is 4.92. The van der Waals surface area contributed by atoms with Crippen molar-refractivity contribution in [1.82, 2.24) is 15.2 Å². The predicted octanol–water partition coefficient (Wildman–Crippen LogP) is 3.28. The lowest BCUT2D eigenvalue weighted by atomic mass is 10.1. The third-order valence-corrected chi connectivity index (χ3v) is 2.77. The molecule has 0 N–H and O–H groups in total. The van der Waals surface area contributed by atoms with E-state index in [9.17, 15) is 13.2 Å². The van der Waals surface area contributed by atoms with Crippen molar-refractivity contribution in [3.63, 3.8) is 0 Å². The van der Waals surface area contributed by atoms with E-state index in [1.54, 1.807) is 6.26 Å². The number of hydrogen-bond acceptors (Lipinski definition) is 4. The van der Waals surface area contributed by atoms with Gasteiger partial charge in [0.1, 0.15) is 0 Å². The van der Waals surface area contributed by atoms with Crippen molar-refractivity contribution < 1.29 is 13.2 Å². The standard InChI is InChI=1S/C11H8F3N3S/c1-18-10-16-9(6-15-17-10)7-2-4-8(5-3-7)11(12,13)14/h2-6H,1H3. The summed E-state index contributed by atoms with van der Waals surface area (Å²) in [7, 11) is 0. The van der Waals surface area contributed by atoms with E-state index in [2.05, 4.69) is 15.2 Å². The first-order chi connectivity index (χ1) is 8.50. The number of alkyl halides is 3. The van der Waals surface area contributed by atoms with Crippen LogP contribution in [0, 0.1) is 0 Å². The van der Waals surface area contributed by atoms with Crippen LogP contribution in [0.25, 0.3) is 11.3 Å². The van der Waals surface area contributed by atoms with Crippen LogP contribution >= 0.6 is 11.8 Å². The number of thioether (sulfide) groups is 1. The molecule has 1 aromatic carbocycles. The Morgan fingerprint density at radius 2 is 1.78 bits per heavy atom. The summed E-state index contributed by atoms with van der Waals surface area (Å²) in [5.41, 5.74) is 0.398. The minimum atomic E-state index is -4.33. The zero-order valence-electron chi connectivity index (χ0n) is 9.27. The highest BCUT2D eigenvalue weighted by Gasteiger charge is 2.29. The molecule has 0 saturated carbocycles. The van der Waals surface area contributed by atoms with Gasteiger partial charge in [-0.1, -0.05) is 23.9 Å². The van der Waals surface area contributed by atoms with Gasteiger partial charge in [0, 0.05) is 5.56 Å². The second kappa shape index (κ2) is 4.93. The van der Waals surface area contributed by atoms with Crippen LogP contribution < -0.4 is 0 Å². The lowest BCUT2D eigenvalue weighted by molar-refractivity contribution is -0.137. The summed E-state index contributed by atoms with van der Waals surface area (Å²) in [5.74, 6) is 0. The van der Waals surface area contributed by atoms with Gasteiger partial charge in [-0.2, -0.15) is 18.3 Å². The number of aromatic nitrogens is 3. The zero-order valence-corrected chi connectivity index (χ0v) is 10.1. The van der Waals surface area contributed by atoms with Crippen LogP contribution in [0.15, 0.2) is 35.6 Å². The molecule has 0 unspecified atom stereocenters. The molecule has 0 bridgehead atoms. The molecule has 7 heteroatoms. The van der Waals surface area contributed by atoms with E-state index < -0.39 is 11.7 Å². The van der Waals surface area contributed by atoms with Gasteiger partial charge in [-0.25, -0.2) is 4.98 Å². The lowest BCUT2D eigenvalue weighted by Gasteiger charge is -2.07. The van der Waals surface area contributed by atoms with Gasteiger partial charge in [0.15, 0.2) is 0 Å². The monoisotopic (exact) mass is 271 g/mol. The molecule has 0 aliphatic rings. The fourth-order valence-electron chi connectivity index (χ4n) is 1.34. The van der Waals surface area contributed by atoms with E-state index in [1.165, 1.54) is 30.1 Å². The molecule has 0 aliphatic heterocycles. The highest BCUT2D eigenvalue weighted by atomic mass is 32.2. The summed E-state index contributed by atoms with van der Waals surface area (Å²) < 4.78 is 37.2. The van der Waals surface area contributed by atoms with Gasteiger partial charge in [-0.3, -0.25) is 0 Å². The van der Waals surface area contributed by atoms with Gasteiger partial charge >= 0.3 is 6.18 Å². The Kier molecular flexibility index (Phi) is 3.51. The van der Waals surface area contributed by atoms with Gasteiger partial charge in [-0.05, 0) is 18.4 Å². The molecule has 0 radical (unpaired) electrons. The van der Waals surface area contributed by atoms with Crippen molar-refractivity contribution in [3.05, 3.63) is 36.0 Å². The molecule has 0 spiro atoms. The Morgan fingerprint density at radius 3 is 2.33 bits per heavy atom. The van der Waals surface area contributed by atoms with Crippen molar-refractivity contribution in [2.75, 3.05) is 6.26 Å². The van der Waals surface area contributed by atoms with Crippen molar-refractivity contribution in [1.29, 1.82) is 0 Å². The highest BCUT2D eigenvalue weighted by Crippen LogP contribution is 2.30. The van der Waals surface area contributed by atoms with Crippen LogP contribution in [0.2, 0.25) is 0 Å². The van der Waals surface area contributed by atoms with Gasteiger partial charge in [0.2, 0.25) is 5.16 Å². The quantitative estimate of drug-likeness (QED) is 0.786. The maximum absolute atomic E-state index is 12.4. The molecular formula is C11H8F3N3S. The Morgan fingerprint density at radius 1 is 1.11 bits per heavy atom. The van der Waals surface area contributed by atoms with E-state index in [1.807, 2.05) is 0 Å². The van der Waals surface area contributed by atoms with Crippen LogP contribution in [0.4, 0.5) is 13.2 Å². The minimum absolute atomic E-state index is 0.479.